The molecule has 0 saturated heterocycles. The Morgan fingerprint density at radius 3 is 3.27 bits per heavy atom. The maximum absolute atomic E-state index is 5.60. The minimum Gasteiger partial charge on any atom is -0.467 e. The molecule has 3 nitrogen and oxygen atoms in total. The predicted molar refractivity (Wildman–Crippen MR) is 58.9 cm³/mol. The molecule has 1 N–H and O–H groups in total. The zero-order valence-electron chi connectivity index (χ0n) is 9.51. The fraction of sp³-hybridized carbons (Fsp3) is 0.667. The largest absolute Gasteiger partial charge is 0.467 e. The van der Waals surface area contributed by atoms with Crippen molar-refractivity contribution >= 4 is 0 Å². The van der Waals surface area contributed by atoms with Crippen LogP contribution in [0, 0.1) is 0 Å². The maximum Gasteiger partial charge on any atom is 0.126 e. The van der Waals surface area contributed by atoms with E-state index in [-0.39, 0.29) is 5.54 Å². The van der Waals surface area contributed by atoms with Crippen molar-refractivity contribution in [2.75, 3.05) is 20.3 Å². The molecule has 0 saturated carbocycles. The van der Waals surface area contributed by atoms with E-state index in [4.69, 9.17) is 9.15 Å². The Labute approximate surface area is 90.8 Å². The summed E-state index contributed by atoms with van der Waals surface area (Å²) in [6.45, 7) is 4.06. The number of furan rings is 1. The minimum atomic E-state index is -0.00435. The van der Waals surface area contributed by atoms with Crippen LogP contribution in [0.2, 0.25) is 0 Å². The lowest BCUT2D eigenvalue weighted by Gasteiger charge is -2.33. The summed E-state index contributed by atoms with van der Waals surface area (Å²) in [5, 5.41) is 3.55. The highest BCUT2D eigenvalue weighted by atomic mass is 16.5. The summed E-state index contributed by atoms with van der Waals surface area (Å²) >= 11 is 0. The molecule has 0 aliphatic carbocycles. The van der Waals surface area contributed by atoms with Gasteiger partial charge in [-0.25, -0.2) is 0 Å². The van der Waals surface area contributed by atoms with Crippen LogP contribution in [0.4, 0.5) is 0 Å². The van der Waals surface area contributed by atoms with E-state index in [0.717, 1.165) is 38.2 Å². The highest BCUT2D eigenvalue weighted by Gasteiger charge is 2.33. The smallest absolute Gasteiger partial charge is 0.126 e. The fourth-order valence-electron chi connectivity index (χ4n) is 2.34. The Bertz CT molecular complexity index is 321. The quantitative estimate of drug-likeness (QED) is 0.771. The van der Waals surface area contributed by atoms with E-state index >= 15 is 0 Å². The van der Waals surface area contributed by atoms with Gasteiger partial charge in [0.15, 0.2) is 0 Å². The van der Waals surface area contributed by atoms with E-state index in [0.29, 0.717) is 0 Å². The van der Waals surface area contributed by atoms with Crippen LogP contribution in [0.15, 0.2) is 16.7 Å². The van der Waals surface area contributed by atoms with Crippen LogP contribution in [-0.2, 0) is 16.7 Å². The summed E-state index contributed by atoms with van der Waals surface area (Å²) in [6, 6.07) is 2.09. The molecule has 0 amide bonds. The highest BCUT2D eigenvalue weighted by molar-refractivity contribution is 5.27. The van der Waals surface area contributed by atoms with Gasteiger partial charge in [-0.3, -0.25) is 0 Å². The van der Waals surface area contributed by atoms with Crippen molar-refractivity contribution in [3.63, 3.8) is 0 Å². The predicted octanol–water partition coefficient (Wildman–Crippen LogP) is 2.07. The third-order valence-electron chi connectivity index (χ3n) is 3.18. The van der Waals surface area contributed by atoms with Crippen molar-refractivity contribution in [3.05, 3.63) is 23.7 Å². The van der Waals surface area contributed by atoms with Crippen LogP contribution in [0.3, 0.4) is 0 Å². The van der Waals surface area contributed by atoms with Gasteiger partial charge in [0.25, 0.3) is 0 Å². The molecule has 1 aromatic heterocycles. The number of fused-ring (bicyclic) bond motifs is 1. The van der Waals surface area contributed by atoms with Crippen LogP contribution in [0.1, 0.15) is 31.1 Å². The van der Waals surface area contributed by atoms with Crippen LogP contribution < -0.4 is 5.32 Å². The molecule has 1 aliphatic heterocycles. The second-order valence-corrected chi connectivity index (χ2v) is 4.38. The molecule has 1 atom stereocenters. The summed E-state index contributed by atoms with van der Waals surface area (Å²) < 4.78 is 10.7. The number of hydrogen-bond donors (Lipinski definition) is 1. The molecule has 0 bridgehead atoms. The molecule has 3 heteroatoms. The normalized spacial score (nSPS) is 25.2. The Morgan fingerprint density at radius 1 is 1.60 bits per heavy atom. The van der Waals surface area contributed by atoms with Gasteiger partial charge in [-0.1, -0.05) is 0 Å². The third kappa shape index (κ3) is 2.08. The summed E-state index contributed by atoms with van der Waals surface area (Å²) in [7, 11) is 1.74. The second kappa shape index (κ2) is 4.37. The number of methoxy groups -OCH3 is 1. The molecule has 1 aliphatic rings. The maximum atomic E-state index is 5.60. The van der Waals surface area contributed by atoms with Gasteiger partial charge in [0, 0.05) is 20.3 Å². The van der Waals surface area contributed by atoms with Crippen LogP contribution in [0.25, 0.3) is 0 Å². The van der Waals surface area contributed by atoms with E-state index in [2.05, 4.69) is 18.3 Å². The molecular formula is C12H19NO2. The van der Waals surface area contributed by atoms with Crippen molar-refractivity contribution in [2.24, 2.45) is 0 Å². The summed E-state index contributed by atoms with van der Waals surface area (Å²) in [5.41, 5.74) is 1.35. The second-order valence-electron chi connectivity index (χ2n) is 4.38. The molecule has 0 spiro atoms. The molecular weight excluding hydrogens is 190 g/mol. The van der Waals surface area contributed by atoms with E-state index < -0.39 is 0 Å². The van der Waals surface area contributed by atoms with E-state index in [1.807, 2.05) is 0 Å². The Kier molecular flexibility index (Phi) is 3.12. The number of nitrogens with one attached hydrogen (secondary N) is 1. The van der Waals surface area contributed by atoms with Gasteiger partial charge in [0.1, 0.15) is 5.76 Å². The molecule has 2 rings (SSSR count). The van der Waals surface area contributed by atoms with E-state index in [1.54, 1.807) is 13.4 Å². The van der Waals surface area contributed by atoms with Gasteiger partial charge < -0.3 is 14.5 Å². The lowest BCUT2D eigenvalue weighted by molar-refractivity contribution is 0.170. The van der Waals surface area contributed by atoms with Gasteiger partial charge in [-0.15, -0.1) is 0 Å². The van der Waals surface area contributed by atoms with Gasteiger partial charge in [-0.05, 0) is 37.8 Å². The van der Waals surface area contributed by atoms with Crippen LogP contribution >= 0.6 is 0 Å². The molecule has 1 aromatic rings. The molecule has 0 fully saturated rings. The average Bonchev–Trinajstić information content (AvgIpc) is 2.68. The van der Waals surface area contributed by atoms with Gasteiger partial charge in [0.05, 0.1) is 11.8 Å². The van der Waals surface area contributed by atoms with Gasteiger partial charge in [-0.2, -0.15) is 0 Å². The van der Waals surface area contributed by atoms with Crippen molar-refractivity contribution in [2.45, 2.75) is 31.7 Å². The summed E-state index contributed by atoms with van der Waals surface area (Å²) in [4.78, 5) is 0. The molecule has 1 unspecified atom stereocenters. The van der Waals surface area contributed by atoms with Gasteiger partial charge >= 0.3 is 0 Å². The van der Waals surface area contributed by atoms with Crippen molar-refractivity contribution in [3.8, 4) is 0 Å². The van der Waals surface area contributed by atoms with Crippen molar-refractivity contribution in [1.82, 2.24) is 5.32 Å². The van der Waals surface area contributed by atoms with Crippen LogP contribution in [0.5, 0.6) is 0 Å². The fourth-order valence-corrected chi connectivity index (χ4v) is 2.34. The highest BCUT2D eigenvalue weighted by Crippen LogP contribution is 2.32. The first-order chi connectivity index (χ1) is 7.26. The standard InChI is InChI=1S/C12H19NO2/c1-12(6-3-8-14-2)11-10(4-7-13-12)5-9-15-11/h5,9,13H,3-4,6-8H2,1-2H3. The molecule has 84 valence electrons. The van der Waals surface area contributed by atoms with E-state index in [9.17, 15) is 0 Å². The van der Waals surface area contributed by atoms with E-state index in [1.165, 1.54) is 5.56 Å². The van der Waals surface area contributed by atoms with Gasteiger partial charge in [0.2, 0.25) is 0 Å². The molecule has 2 heterocycles. The van der Waals surface area contributed by atoms with Crippen LogP contribution in [-0.4, -0.2) is 20.3 Å². The zero-order valence-corrected chi connectivity index (χ0v) is 9.51. The molecule has 0 aromatic carbocycles. The number of ether oxygens (including phenoxy) is 1. The summed E-state index contributed by atoms with van der Waals surface area (Å²) in [5.74, 6) is 1.12. The molecule has 15 heavy (non-hydrogen) atoms. The zero-order chi connectivity index (χ0) is 10.7. The Balaban J connectivity index is 2.09. The first-order valence-corrected chi connectivity index (χ1v) is 5.57. The average molecular weight is 209 g/mol. The Morgan fingerprint density at radius 2 is 2.47 bits per heavy atom. The first-order valence-electron chi connectivity index (χ1n) is 5.57. The SMILES string of the molecule is COCCCC1(C)NCCc2ccoc21. The lowest BCUT2D eigenvalue weighted by atomic mass is 9.86. The Hall–Kier alpha value is -0.800. The number of hydrogen-bond acceptors (Lipinski definition) is 3. The minimum absolute atomic E-state index is 0.00435. The first kappa shape index (κ1) is 10.7. The third-order valence-corrected chi connectivity index (χ3v) is 3.18. The number of rotatable bonds is 4. The van der Waals surface area contributed by atoms with Crippen molar-refractivity contribution < 1.29 is 9.15 Å². The molecule has 0 radical (unpaired) electrons. The monoisotopic (exact) mass is 209 g/mol. The van der Waals surface area contributed by atoms with Crippen molar-refractivity contribution in [1.29, 1.82) is 0 Å². The topological polar surface area (TPSA) is 34.4 Å². The summed E-state index contributed by atoms with van der Waals surface area (Å²) in [6.07, 6.45) is 4.99. The lowest BCUT2D eigenvalue weighted by Crippen LogP contribution is -2.44.